The first-order valence-electron chi connectivity index (χ1n) is 10.3. The van der Waals surface area contributed by atoms with E-state index in [0.717, 1.165) is 11.8 Å². The highest BCUT2D eigenvalue weighted by atomic mass is 35.5. The SMILES string of the molecule is Cn1c(=O)n(C)c2cc(NC(=O)c3ccc(CN(c4cccc(Cl)c4)S(C)(=O)=O)cc3)ccc21. The van der Waals surface area contributed by atoms with Gasteiger partial charge in [-0.2, -0.15) is 0 Å². The second kappa shape index (κ2) is 9.00. The molecule has 0 bridgehead atoms. The van der Waals surface area contributed by atoms with Crippen molar-refractivity contribution in [3.05, 3.63) is 93.4 Å². The number of aryl methyl sites for hydroxylation is 2. The third-order valence-corrected chi connectivity index (χ3v) is 6.94. The number of hydrogen-bond donors (Lipinski definition) is 1. The van der Waals surface area contributed by atoms with Gasteiger partial charge < -0.3 is 5.32 Å². The third-order valence-electron chi connectivity index (χ3n) is 5.57. The molecule has 4 aromatic rings. The van der Waals surface area contributed by atoms with Crippen LogP contribution in [0.15, 0.2) is 71.5 Å². The van der Waals surface area contributed by atoms with Crippen LogP contribution in [0.5, 0.6) is 0 Å². The van der Waals surface area contributed by atoms with Gasteiger partial charge in [-0.25, -0.2) is 13.2 Å². The van der Waals surface area contributed by atoms with Gasteiger partial charge in [-0.05, 0) is 54.1 Å². The van der Waals surface area contributed by atoms with Crippen LogP contribution in [0, 0.1) is 0 Å². The molecule has 8 nitrogen and oxygen atoms in total. The average Bonchev–Trinajstić information content (AvgIpc) is 3.00. The maximum Gasteiger partial charge on any atom is 0.328 e. The Morgan fingerprint density at radius 2 is 1.65 bits per heavy atom. The number of imidazole rings is 1. The highest BCUT2D eigenvalue weighted by Crippen LogP contribution is 2.24. The van der Waals surface area contributed by atoms with Crippen LogP contribution in [-0.4, -0.2) is 29.7 Å². The molecule has 34 heavy (non-hydrogen) atoms. The van der Waals surface area contributed by atoms with Gasteiger partial charge in [-0.15, -0.1) is 0 Å². The predicted octanol–water partition coefficient (Wildman–Crippen LogP) is 3.75. The van der Waals surface area contributed by atoms with E-state index in [0.29, 0.717) is 33.0 Å². The first kappa shape index (κ1) is 23.6. The maximum atomic E-state index is 12.8. The zero-order valence-corrected chi connectivity index (χ0v) is 20.4. The highest BCUT2D eigenvalue weighted by Gasteiger charge is 2.18. The van der Waals surface area contributed by atoms with Gasteiger partial charge in [-0.3, -0.25) is 18.2 Å². The molecule has 0 aliphatic carbocycles. The fourth-order valence-corrected chi connectivity index (χ4v) is 4.81. The van der Waals surface area contributed by atoms with Gasteiger partial charge in [-0.1, -0.05) is 29.8 Å². The highest BCUT2D eigenvalue weighted by molar-refractivity contribution is 7.92. The summed E-state index contributed by atoms with van der Waals surface area (Å²) in [6, 6.07) is 18.6. The Hall–Kier alpha value is -3.56. The van der Waals surface area contributed by atoms with Crippen LogP contribution in [0.3, 0.4) is 0 Å². The molecule has 1 N–H and O–H groups in total. The van der Waals surface area contributed by atoms with Gasteiger partial charge in [0, 0.05) is 30.4 Å². The van der Waals surface area contributed by atoms with Crippen molar-refractivity contribution in [1.82, 2.24) is 9.13 Å². The van der Waals surface area contributed by atoms with Crippen LogP contribution in [0.1, 0.15) is 15.9 Å². The minimum Gasteiger partial charge on any atom is -0.322 e. The van der Waals surface area contributed by atoms with Crippen molar-refractivity contribution in [3.8, 4) is 0 Å². The fourth-order valence-electron chi connectivity index (χ4n) is 3.75. The largest absolute Gasteiger partial charge is 0.328 e. The normalized spacial score (nSPS) is 11.5. The van der Waals surface area contributed by atoms with Gasteiger partial charge in [0.1, 0.15) is 0 Å². The number of anilines is 2. The number of benzene rings is 3. The molecule has 0 saturated heterocycles. The van der Waals surface area contributed by atoms with Crippen molar-refractivity contribution >= 4 is 49.9 Å². The first-order valence-corrected chi connectivity index (χ1v) is 12.6. The lowest BCUT2D eigenvalue weighted by molar-refractivity contribution is 0.102. The van der Waals surface area contributed by atoms with Gasteiger partial charge in [0.2, 0.25) is 10.0 Å². The van der Waals surface area contributed by atoms with E-state index in [4.69, 9.17) is 11.6 Å². The van der Waals surface area contributed by atoms with Crippen LogP contribution >= 0.6 is 11.6 Å². The summed E-state index contributed by atoms with van der Waals surface area (Å²) in [7, 11) is -0.179. The van der Waals surface area contributed by atoms with E-state index in [1.807, 2.05) is 0 Å². The molecule has 0 aliphatic rings. The van der Waals surface area contributed by atoms with Crippen molar-refractivity contribution < 1.29 is 13.2 Å². The number of carbonyl (C=O) groups excluding carboxylic acids is 1. The van der Waals surface area contributed by atoms with E-state index in [1.54, 1.807) is 85.4 Å². The second-order valence-corrected chi connectivity index (χ2v) is 10.3. The van der Waals surface area contributed by atoms with Crippen molar-refractivity contribution in [3.63, 3.8) is 0 Å². The Kier molecular flexibility index (Phi) is 6.24. The lowest BCUT2D eigenvalue weighted by Gasteiger charge is -2.22. The lowest BCUT2D eigenvalue weighted by Crippen LogP contribution is -2.29. The summed E-state index contributed by atoms with van der Waals surface area (Å²) in [6.07, 6.45) is 1.13. The number of aromatic nitrogens is 2. The zero-order valence-electron chi connectivity index (χ0n) is 18.8. The Morgan fingerprint density at radius 3 is 2.29 bits per heavy atom. The Labute approximate surface area is 202 Å². The summed E-state index contributed by atoms with van der Waals surface area (Å²) in [5.41, 5.74) is 3.49. The molecule has 1 heterocycles. The molecular weight excluding hydrogens is 476 g/mol. The molecule has 1 aromatic heterocycles. The minimum atomic E-state index is -3.55. The van der Waals surface area contributed by atoms with Crippen molar-refractivity contribution in [2.24, 2.45) is 14.1 Å². The molecule has 0 saturated carbocycles. The van der Waals surface area contributed by atoms with Gasteiger partial charge in [0.05, 0.1) is 29.5 Å². The molecular formula is C24H23ClN4O4S. The van der Waals surface area contributed by atoms with Crippen molar-refractivity contribution in [2.45, 2.75) is 6.54 Å². The number of nitrogens with one attached hydrogen (secondary N) is 1. The monoisotopic (exact) mass is 498 g/mol. The Morgan fingerprint density at radius 1 is 0.971 bits per heavy atom. The Bertz CT molecular complexity index is 1560. The molecule has 0 atom stereocenters. The molecule has 1 amide bonds. The molecule has 3 aromatic carbocycles. The van der Waals surface area contributed by atoms with Crippen LogP contribution in [0.25, 0.3) is 11.0 Å². The number of rotatable bonds is 6. The maximum absolute atomic E-state index is 12.8. The summed E-state index contributed by atoms with van der Waals surface area (Å²) in [5, 5.41) is 3.28. The van der Waals surface area contributed by atoms with Gasteiger partial charge in [0.25, 0.3) is 5.91 Å². The van der Waals surface area contributed by atoms with Crippen LogP contribution in [0.2, 0.25) is 5.02 Å². The molecule has 0 spiro atoms. The van der Waals surface area contributed by atoms with E-state index in [9.17, 15) is 18.0 Å². The number of nitrogens with zero attached hydrogens (tertiary/aromatic N) is 3. The molecule has 10 heteroatoms. The van der Waals surface area contributed by atoms with Crippen molar-refractivity contribution in [1.29, 1.82) is 0 Å². The summed E-state index contributed by atoms with van der Waals surface area (Å²) < 4.78 is 29.0. The summed E-state index contributed by atoms with van der Waals surface area (Å²) >= 11 is 6.03. The number of halogens is 1. The number of hydrogen-bond acceptors (Lipinski definition) is 4. The number of fused-ring (bicyclic) bond motifs is 1. The second-order valence-electron chi connectivity index (χ2n) is 8.00. The van der Waals surface area contributed by atoms with E-state index >= 15 is 0 Å². The van der Waals surface area contributed by atoms with Crippen molar-refractivity contribution in [2.75, 3.05) is 15.9 Å². The number of carbonyl (C=O) groups is 1. The summed E-state index contributed by atoms with van der Waals surface area (Å²) in [4.78, 5) is 24.9. The topological polar surface area (TPSA) is 93.4 Å². The lowest BCUT2D eigenvalue weighted by atomic mass is 10.1. The quantitative estimate of drug-likeness (QED) is 0.438. The molecule has 0 aliphatic heterocycles. The van der Waals surface area contributed by atoms with Crippen LogP contribution in [-0.2, 0) is 30.7 Å². The fraction of sp³-hybridized carbons (Fsp3) is 0.167. The zero-order chi connectivity index (χ0) is 24.6. The molecule has 176 valence electrons. The molecule has 0 unspecified atom stereocenters. The first-order chi connectivity index (χ1) is 16.0. The van der Waals surface area contributed by atoms with Crippen LogP contribution < -0.4 is 15.3 Å². The Balaban J connectivity index is 1.53. The third kappa shape index (κ3) is 4.71. The molecule has 0 fully saturated rings. The van der Waals surface area contributed by atoms with E-state index in [-0.39, 0.29) is 18.1 Å². The molecule has 4 rings (SSSR count). The minimum absolute atomic E-state index is 0.0970. The van der Waals surface area contributed by atoms with Gasteiger partial charge in [0.15, 0.2) is 0 Å². The standard InChI is InChI=1S/C24H23ClN4O4S/c1-27-21-12-11-19(14-22(21)28(2)24(27)31)26-23(30)17-9-7-16(8-10-17)15-29(34(3,32)33)20-6-4-5-18(25)13-20/h4-14H,15H2,1-3H3,(H,26,30). The summed E-state index contributed by atoms with van der Waals surface area (Å²) in [6.45, 7) is 0.0970. The van der Waals surface area contributed by atoms with E-state index in [2.05, 4.69) is 5.32 Å². The average molecular weight is 499 g/mol. The predicted molar refractivity (Wildman–Crippen MR) is 135 cm³/mol. The van der Waals surface area contributed by atoms with E-state index < -0.39 is 10.0 Å². The van der Waals surface area contributed by atoms with E-state index in [1.165, 1.54) is 8.87 Å². The van der Waals surface area contributed by atoms with Crippen LogP contribution in [0.4, 0.5) is 11.4 Å². The molecule has 0 radical (unpaired) electrons. The summed E-state index contributed by atoms with van der Waals surface area (Å²) in [5.74, 6) is -0.318. The smallest absolute Gasteiger partial charge is 0.322 e. The van der Waals surface area contributed by atoms with Gasteiger partial charge >= 0.3 is 5.69 Å². The number of sulfonamides is 1. The number of amides is 1.